The third kappa shape index (κ3) is 5.97. The first-order chi connectivity index (χ1) is 12.0. The second kappa shape index (κ2) is 9.31. The summed E-state index contributed by atoms with van der Waals surface area (Å²) in [6.07, 6.45) is 0.718. The SMILES string of the molecule is CCOC(=O)CN1CCCN(C(=O)COc2ccc(F)cc2F)CC1. The molecule has 1 heterocycles. The lowest BCUT2D eigenvalue weighted by atomic mass is 10.3. The summed E-state index contributed by atoms with van der Waals surface area (Å²) in [7, 11) is 0. The number of rotatable bonds is 6. The molecule has 25 heavy (non-hydrogen) atoms. The van der Waals surface area contributed by atoms with Gasteiger partial charge < -0.3 is 14.4 Å². The topological polar surface area (TPSA) is 59.1 Å². The van der Waals surface area contributed by atoms with E-state index in [1.54, 1.807) is 11.8 Å². The highest BCUT2D eigenvalue weighted by molar-refractivity contribution is 5.77. The molecular weight excluding hydrogens is 334 g/mol. The third-order valence-corrected chi connectivity index (χ3v) is 3.84. The number of esters is 1. The van der Waals surface area contributed by atoms with Gasteiger partial charge in [0.1, 0.15) is 5.82 Å². The molecule has 0 unspecified atom stereocenters. The van der Waals surface area contributed by atoms with Crippen molar-refractivity contribution in [2.45, 2.75) is 13.3 Å². The monoisotopic (exact) mass is 356 g/mol. The Kier molecular flexibility index (Phi) is 7.12. The van der Waals surface area contributed by atoms with Gasteiger partial charge in [0.15, 0.2) is 18.2 Å². The molecule has 138 valence electrons. The van der Waals surface area contributed by atoms with Gasteiger partial charge in [0, 0.05) is 32.2 Å². The summed E-state index contributed by atoms with van der Waals surface area (Å²) in [4.78, 5) is 27.3. The number of hydrogen-bond acceptors (Lipinski definition) is 5. The van der Waals surface area contributed by atoms with E-state index in [1.807, 2.05) is 4.90 Å². The first-order valence-corrected chi connectivity index (χ1v) is 8.23. The van der Waals surface area contributed by atoms with Gasteiger partial charge in [-0.05, 0) is 25.5 Å². The summed E-state index contributed by atoms with van der Waals surface area (Å²) >= 11 is 0. The molecule has 0 bridgehead atoms. The average molecular weight is 356 g/mol. The Labute approximate surface area is 145 Å². The zero-order valence-corrected chi connectivity index (χ0v) is 14.2. The minimum absolute atomic E-state index is 0.159. The second-order valence-electron chi connectivity index (χ2n) is 5.68. The molecule has 1 saturated heterocycles. The van der Waals surface area contributed by atoms with Gasteiger partial charge in [-0.15, -0.1) is 0 Å². The van der Waals surface area contributed by atoms with Crippen LogP contribution in [0.5, 0.6) is 5.75 Å². The molecule has 1 aromatic rings. The number of carbonyl (C=O) groups excluding carboxylic acids is 2. The molecule has 0 radical (unpaired) electrons. The van der Waals surface area contributed by atoms with Gasteiger partial charge in [0.05, 0.1) is 13.2 Å². The fourth-order valence-electron chi connectivity index (χ4n) is 2.59. The Morgan fingerprint density at radius 3 is 2.68 bits per heavy atom. The van der Waals surface area contributed by atoms with Crippen molar-refractivity contribution >= 4 is 11.9 Å². The van der Waals surface area contributed by atoms with Crippen molar-refractivity contribution in [2.75, 3.05) is 45.9 Å². The molecule has 1 fully saturated rings. The lowest BCUT2D eigenvalue weighted by molar-refractivity contribution is -0.144. The maximum atomic E-state index is 13.5. The maximum absolute atomic E-state index is 13.5. The maximum Gasteiger partial charge on any atom is 0.320 e. The van der Waals surface area contributed by atoms with Gasteiger partial charge in [-0.1, -0.05) is 0 Å². The summed E-state index contributed by atoms with van der Waals surface area (Å²) in [6, 6.07) is 2.93. The van der Waals surface area contributed by atoms with Gasteiger partial charge in [0.2, 0.25) is 0 Å². The molecule has 1 aromatic carbocycles. The summed E-state index contributed by atoms with van der Waals surface area (Å²) in [5.41, 5.74) is 0. The first-order valence-electron chi connectivity index (χ1n) is 8.23. The number of nitrogens with zero attached hydrogens (tertiary/aromatic N) is 2. The Morgan fingerprint density at radius 2 is 1.96 bits per heavy atom. The molecular formula is C17H22F2N2O4. The largest absolute Gasteiger partial charge is 0.481 e. The van der Waals surface area contributed by atoms with Crippen LogP contribution in [0, 0.1) is 11.6 Å². The van der Waals surface area contributed by atoms with Crippen molar-refractivity contribution in [1.82, 2.24) is 9.80 Å². The molecule has 0 aromatic heterocycles. The summed E-state index contributed by atoms with van der Waals surface area (Å²) < 4.78 is 36.4. The Hall–Kier alpha value is -2.22. The molecule has 2 rings (SSSR count). The molecule has 0 saturated carbocycles. The lowest BCUT2D eigenvalue weighted by Crippen LogP contribution is -2.39. The summed E-state index contributed by atoms with van der Waals surface area (Å²) in [5, 5.41) is 0. The predicted molar refractivity (Wildman–Crippen MR) is 86.1 cm³/mol. The van der Waals surface area contributed by atoms with E-state index < -0.39 is 11.6 Å². The van der Waals surface area contributed by atoms with Crippen LogP contribution < -0.4 is 4.74 Å². The number of hydrogen-bond donors (Lipinski definition) is 0. The van der Waals surface area contributed by atoms with Crippen molar-refractivity contribution < 1.29 is 27.8 Å². The molecule has 0 spiro atoms. The van der Waals surface area contributed by atoms with E-state index in [0.29, 0.717) is 38.9 Å². The average Bonchev–Trinajstić information content (AvgIpc) is 2.79. The highest BCUT2D eigenvalue weighted by Gasteiger charge is 2.21. The van der Waals surface area contributed by atoms with Crippen molar-refractivity contribution in [3.05, 3.63) is 29.8 Å². The molecule has 1 aliphatic rings. The molecule has 0 N–H and O–H groups in total. The van der Waals surface area contributed by atoms with Crippen LogP contribution in [0.3, 0.4) is 0 Å². The van der Waals surface area contributed by atoms with Crippen LogP contribution >= 0.6 is 0 Å². The van der Waals surface area contributed by atoms with Crippen LogP contribution in [0.2, 0.25) is 0 Å². The summed E-state index contributed by atoms with van der Waals surface area (Å²) in [6.45, 7) is 4.21. The van der Waals surface area contributed by atoms with E-state index in [2.05, 4.69) is 0 Å². The second-order valence-corrected chi connectivity index (χ2v) is 5.68. The number of amides is 1. The normalized spacial score (nSPS) is 15.6. The van der Waals surface area contributed by atoms with Crippen LogP contribution in [0.25, 0.3) is 0 Å². The Morgan fingerprint density at radius 1 is 1.16 bits per heavy atom. The van der Waals surface area contributed by atoms with Crippen LogP contribution in [0.1, 0.15) is 13.3 Å². The predicted octanol–water partition coefficient (Wildman–Crippen LogP) is 1.44. The summed E-state index contributed by atoms with van der Waals surface area (Å²) in [5.74, 6) is -2.26. The zero-order valence-electron chi connectivity index (χ0n) is 14.2. The number of ether oxygens (including phenoxy) is 2. The van der Waals surface area contributed by atoms with Gasteiger partial charge in [-0.3, -0.25) is 14.5 Å². The van der Waals surface area contributed by atoms with E-state index in [1.165, 1.54) is 0 Å². The standard InChI is InChI=1S/C17H22F2N2O4/c1-2-24-17(23)11-20-6-3-7-21(9-8-20)16(22)12-25-15-5-4-13(18)10-14(15)19/h4-5,10H,2-3,6-9,11-12H2,1H3. The van der Waals surface area contributed by atoms with Crippen molar-refractivity contribution in [3.63, 3.8) is 0 Å². The van der Waals surface area contributed by atoms with Gasteiger partial charge in [-0.25, -0.2) is 8.78 Å². The minimum atomic E-state index is -0.843. The first kappa shape index (κ1) is 19.1. The highest BCUT2D eigenvalue weighted by atomic mass is 19.1. The fourth-order valence-corrected chi connectivity index (χ4v) is 2.59. The van der Waals surface area contributed by atoms with E-state index in [0.717, 1.165) is 18.6 Å². The Bertz CT molecular complexity index is 612. The molecule has 0 aliphatic carbocycles. The quantitative estimate of drug-likeness (QED) is 0.722. The van der Waals surface area contributed by atoms with Gasteiger partial charge in [0.25, 0.3) is 5.91 Å². The van der Waals surface area contributed by atoms with E-state index in [4.69, 9.17) is 9.47 Å². The van der Waals surface area contributed by atoms with E-state index in [9.17, 15) is 18.4 Å². The minimum Gasteiger partial charge on any atom is -0.481 e. The van der Waals surface area contributed by atoms with Gasteiger partial charge >= 0.3 is 5.97 Å². The molecule has 1 amide bonds. The van der Waals surface area contributed by atoms with Crippen molar-refractivity contribution in [1.29, 1.82) is 0 Å². The van der Waals surface area contributed by atoms with Gasteiger partial charge in [-0.2, -0.15) is 0 Å². The molecule has 1 aliphatic heterocycles. The Balaban J connectivity index is 1.81. The molecule has 6 nitrogen and oxygen atoms in total. The van der Waals surface area contributed by atoms with E-state index in [-0.39, 0.29) is 30.8 Å². The van der Waals surface area contributed by atoms with Crippen LogP contribution in [0.4, 0.5) is 8.78 Å². The number of benzene rings is 1. The van der Waals surface area contributed by atoms with Crippen molar-refractivity contribution in [2.24, 2.45) is 0 Å². The lowest BCUT2D eigenvalue weighted by Gasteiger charge is -2.21. The smallest absolute Gasteiger partial charge is 0.320 e. The fraction of sp³-hybridized carbons (Fsp3) is 0.529. The number of halogens is 2. The molecule has 0 atom stereocenters. The van der Waals surface area contributed by atoms with Crippen LogP contribution in [0.15, 0.2) is 18.2 Å². The van der Waals surface area contributed by atoms with Crippen LogP contribution in [-0.2, 0) is 14.3 Å². The third-order valence-electron chi connectivity index (χ3n) is 3.84. The zero-order chi connectivity index (χ0) is 18.2. The molecule has 8 heteroatoms. The number of carbonyl (C=O) groups is 2. The highest BCUT2D eigenvalue weighted by Crippen LogP contribution is 2.17. The van der Waals surface area contributed by atoms with Crippen molar-refractivity contribution in [3.8, 4) is 5.75 Å². The van der Waals surface area contributed by atoms with E-state index >= 15 is 0 Å². The van der Waals surface area contributed by atoms with Crippen LogP contribution in [-0.4, -0.2) is 67.6 Å².